The number of hydrogen-bond donors (Lipinski definition) is 3. The van der Waals surface area contributed by atoms with Gasteiger partial charge in [0.1, 0.15) is 17.9 Å². The Labute approximate surface area is 204 Å². The van der Waals surface area contributed by atoms with Gasteiger partial charge >= 0.3 is 18.0 Å². The number of nitrogens with one attached hydrogen (secondary N) is 2. The molecular formula is C22H20F7N5O3. The first-order valence-corrected chi connectivity index (χ1v) is 10.8. The molecule has 1 aliphatic heterocycles. The first-order chi connectivity index (χ1) is 17.3. The van der Waals surface area contributed by atoms with Gasteiger partial charge in [0.2, 0.25) is 0 Å². The monoisotopic (exact) mass is 535 g/mol. The second kappa shape index (κ2) is 10.2. The third-order valence-corrected chi connectivity index (χ3v) is 5.65. The maximum atomic E-state index is 13.6. The van der Waals surface area contributed by atoms with E-state index in [1.54, 1.807) is 4.90 Å². The van der Waals surface area contributed by atoms with Crippen molar-refractivity contribution >= 4 is 0 Å². The second-order valence-electron chi connectivity index (χ2n) is 8.23. The SMILES string of the molecule is N[C@H](O[C@H]1OCCN(Cc2n[nH]c(=O)[nH]2)C1c1ccc(F)cc1)c1cc(C(F)(F)F)cc(C(F)(F)F)c1. The van der Waals surface area contributed by atoms with Gasteiger partial charge in [-0.2, -0.15) is 31.4 Å². The first-order valence-electron chi connectivity index (χ1n) is 10.8. The summed E-state index contributed by atoms with van der Waals surface area (Å²) in [4.78, 5) is 15.6. The van der Waals surface area contributed by atoms with E-state index in [0.717, 1.165) is 12.1 Å². The molecule has 2 aromatic carbocycles. The van der Waals surface area contributed by atoms with E-state index in [1.165, 1.54) is 12.1 Å². The van der Waals surface area contributed by atoms with Gasteiger partial charge < -0.3 is 15.2 Å². The van der Waals surface area contributed by atoms with Crippen LogP contribution in [0.3, 0.4) is 0 Å². The van der Waals surface area contributed by atoms with Crippen molar-refractivity contribution in [2.75, 3.05) is 13.2 Å². The van der Waals surface area contributed by atoms with Crippen LogP contribution in [0.15, 0.2) is 47.3 Å². The van der Waals surface area contributed by atoms with Gasteiger partial charge in [0, 0.05) is 6.54 Å². The molecule has 0 aliphatic carbocycles. The third kappa shape index (κ3) is 6.36. The van der Waals surface area contributed by atoms with Crippen molar-refractivity contribution in [3.05, 3.63) is 86.8 Å². The van der Waals surface area contributed by atoms with Crippen molar-refractivity contribution in [1.29, 1.82) is 0 Å². The molecule has 1 saturated heterocycles. The van der Waals surface area contributed by atoms with Crippen LogP contribution in [0.4, 0.5) is 30.7 Å². The number of H-pyrrole nitrogens is 2. The Morgan fingerprint density at radius 1 is 1.08 bits per heavy atom. The van der Waals surface area contributed by atoms with Gasteiger partial charge in [-0.15, -0.1) is 0 Å². The van der Waals surface area contributed by atoms with E-state index in [9.17, 15) is 35.5 Å². The predicted octanol–water partition coefficient (Wildman–Crippen LogP) is 3.85. The van der Waals surface area contributed by atoms with Gasteiger partial charge in [0.15, 0.2) is 6.29 Å². The molecule has 1 fully saturated rings. The van der Waals surface area contributed by atoms with Crippen LogP contribution < -0.4 is 11.4 Å². The van der Waals surface area contributed by atoms with Crippen LogP contribution in [0.5, 0.6) is 0 Å². The highest BCUT2D eigenvalue weighted by Crippen LogP contribution is 2.39. The molecule has 1 aliphatic rings. The van der Waals surface area contributed by atoms with Gasteiger partial charge in [-0.3, -0.25) is 9.88 Å². The van der Waals surface area contributed by atoms with Gasteiger partial charge in [-0.05, 0) is 41.5 Å². The lowest BCUT2D eigenvalue weighted by Gasteiger charge is -2.41. The van der Waals surface area contributed by atoms with Crippen molar-refractivity contribution in [2.24, 2.45) is 5.73 Å². The fourth-order valence-electron chi connectivity index (χ4n) is 3.95. The Bertz CT molecular complexity index is 1240. The second-order valence-corrected chi connectivity index (χ2v) is 8.23. The van der Waals surface area contributed by atoms with Crippen molar-refractivity contribution in [3.63, 3.8) is 0 Å². The number of alkyl halides is 6. The lowest BCUT2D eigenvalue weighted by molar-refractivity contribution is -0.233. The number of aromatic amines is 2. The number of nitrogens with zero attached hydrogens (tertiary/aromatic N) is 2. The molecular weight excluding hydrogens is 515 g/mol. The maximum Gasteiger partial charge on any atom is 0.416 e. The number of benzene rings is 2. The minimum absolute atomic E-state index is 0.0129. The van der Waals surface area contributed by atoms with Crippen LogP contribution in [-0.4, -0.2) is 39.5 Å². The van der Waals surface area contributed by atoms with Crippen LogP contribution in [-0.2, 0) is 28.4 Å². The molecule has 3 aromatic rings. The summed E-state index contributed by atoms with van der Waals surface area (Å²) >= 11 is 0. The third-order valence-electron chi connectivity index (χ3n) is 5.65. The summed E-state index contributed by atoms with van der Waals surface area (Å²) in [5.74, 6) is -0.295. The molecule has 0 bridgehead atoms. The average Bonchev–Trinajstić information content (AvgIpc) is 3.23. The van der Waals surface area contributed by atoms with Crippen molar-refractivity contribution in [3.8, 4) is 0 Å². The predicted molar refractivity (Wildman–Crippen MR) is 113 cm³/mol. The van der Waals surface area contributed by atoms with E-state index in [0.29, 0.717) is 17.7 Å². The summed E-state index contributed by atoms with van der Waals surface area (Å²) in [5.41, 5.74) is 2.18. The summed E-state index contributed by atoms with van der Waals surface area (Å²) in [6, 6.07) is 5.26. The van der Waals surface area contributed by atoms with E-state index in [1.807, 2.05) is 0 Å². The molecule has 4 N–H and O–H groups in total. The molecule has 37 heavy (non-hydrogen) atoms. The molecule has 3 atom stereocenters. The standard InChI is InChI=1S/C22H20F7N5O3/c23-15-3-1-11(2-4-15)17-19(36-6-5-34(17)10-16-31-20(35)33-32-16)37-18(30)12-7-13(21(24,25)26)9-14(8-12)22(27,28)29/h1-4,7-9,17-19H,5-6,10,30H2,(H2,31,32,33,35)/t17?,18-,19-/m1/s1. The highest BCUT2D eigenvalue weighted by atomic mass is 19.4. The summed E-state index contributed by atoms with van der Waals surface area (Å²) in [6.45, 7) is 0.370. The number of halogens is 7. The lowest BCUT2D eigenvalue weighted by atomic mass is 10.0. The quantitative estimate of drug-likeness (QED) is 0.327. The first kappa shape index (κ1) is 26.8. The molecule has 15 heteroatoms. The molecule has 0 radical (unpaired) electrons. The van der Waals surface area contributed by atoms with Crippen LogP contribution >= 0.6 is 0 Å². The normalized spacial score (nSPS) is 20.2. The fourth-order valence-corrected chi connectivity index (χ4v) is 3.95. The number of ether oxygens (including phenoxy) is 2. The average molecular weight is 535 g/mol. The van der Waals surface area contributed by atoms with Crippen molar-refractivity contribution in [1.82, 2.24) is 20.1 Å². The molecule has 0 saturated carbocycles. The van der Waals surface area contributed by atoms with Crippen LogP contribution in [0.2, 0.25) is 0 Å². The summed E-state index contributed by atoms with van der Waals surface area (Å²) in [5, 5.41) is 6.05. The summed E-state index contributed by atoms with van der Waals surface area (Å²) < 4.78 is 105. The van der Waals surface area contributed by atoms with E-state index in [4.69, 9.17) is 15.2 Å². The molecule has 1 aromatic heterocycles. The molecule has 8 nitrogen and oxygen atoms in total. The highest BCUT2D eigenvalue weighted by Gasteiger charge is 2.39. The minimum atomic E-state index is -5.06. The van der Waals surface area contributed by atoms with E-state index >= 15 is 0 Å². The largest absolute Gasteiger partial charge is 0.416 e. The molecule has 4 rings (SSSR count). The van der Waals surface area contributed by atoms with E-state index in [2.05, 4.69) is 15.2 Å². The lowest BCUT2D eigenvalue weighted by Crippen LogP contribution is -2.47. The number of aromatic nitrogens is 3. The molecule has 1 unspecified atom stereocenters. The molecule has 2 heterocycles. The summed E-state index contributed by atoms with van der Waals surface area (Å²) in [6.07, 6.45) is -13.2. The minimum Gasteiger partial charge on any atom is -0.349 e. The Balaban J connectivity index is 1.66. The Morgan fingerprint density at radius 3 is 2.24 bits per heavy atom. The molecule has 0 spiro atoms. The summed E-state index contributed by atoms with van der Waals surface area (Å²) in [7, 11) is 0. The fraction of sp³-hybridized carbons (Fsp3) is 0.364. The van der Waals surface area contributed by atoms with Crippen LogP contribution in [0, 0.1) is 5.82 Å². The van der Waals surface area contributed by atoms with Gasteiger partial charge in [0.05, 0.1) is 30.3 Å². The van der Waals surface area contributed by atoms with Crippen LogP contribution in [0.25, 0.3) is 0 Å². The molecule has 0 amide bonds. The number of morpholine rings is 1. The zero-order valence-corrected chi connectivity index (χ0v) is 18.7. The maximum absolute atomic E-state index is 13.6. The zero-order chi connectivity index (χ0) is 27.0. The Morgan fingerprint density at radius 2 is 1.70 bits per heavy atom. The number of nitrogens with two attached hydrogens (primary N) is 1. The van der Waals surface area contributed by atoms with Crippen LogP contribution in [0.1, 0.15) is 40.3 Å². The smallest absolute Gasteiger partial charge is 0.349 e. The van der Waals surface area contributed by atoms with Gasteiger partial charge in [-0.25, -0.2) is 14.3 Å². The van der Waals surface area contributed by atoms with E-state index in [-0.39, 0.29) is 31.6 Å². The van der Waals surface area contributed by atoms with Crippen molar-refractivity contribution < 1.29 is 40.2 Å². The van der Waals surface area contributed by atoms with Crippen molar-refractivity contribution in [2.45, 2.75) is 37.5 Å². The van der Waals surface area contributed by atoms with E-state index < -0.39 is 59.1 Å². The number of hydrogen-bond acceptors (Lipinski definition) is 6. The molecule has 200 valence electrons. The number of rotatable bonds is 6. The Hall–Kier alpha value is -3.27. The highest BCUT2D eigenvalue weighted by molar-refractivity contribution is 5.34. The zero-order valence-electron chi connectivity index (χ0n) is 18.7. The van der Waals surface area contributed by atoms with Gasteiger partial charge in [-0.1, -0.05) is 12.1 Å². The van der Waals surface area contributed by atoms with Gasteiger partial charge in [0.25, 0.3) is 0 Å². The Kier molecular flexibility index (Phi) is 7.41. The topological polar surface area (TPSA) is 109 Å².